The van der Waals surface area contributed by atoms with Crippen LogP contribution in [-0.4, -0.2) is 28.9 Å². The number of thiazole rings is 1. The molecule has 0 atom stereocenters. The molecule has 0 bridgehead atoms. The third kappa shape index (κ3) is 5.57. The molecule has 6 heteroatoms. The quantitative estimate of drug-likeness (QED) is 0.519. The minimum atomic E-state index is -0.0203. The molecule has 3 rings (SSSR count). The number of aromatic nitrogens is 1. The minimum absolute atomic E-state index is 0.0203. The van der Waals surface area contributed by atoms with E-state index < -0.39 is 0 Å². The number of ether oxygens (including phenoxy) is 2. The van der Waals surface area contributed by atoms with Crippen LogP contribution < -0.4 is 9.47 Å². The van der Waals surface area contributed by atoms with E-state index in [1.165, 1.54) is 5.56 Å². The number of hydrogen-bond donors (Lipinski definition) is 0. The van der Waals surface area contributed by atoms with Crippen molar-refractivity contribution in [3.8, 4) is 11.5 Å². The molecule has 1 heterocycles. The van der Waals surface area contributed by atoms with E-state index in [1.807, 2.05) is 55.3 Å². The highest BCUT2D eigenvalue weighted by Crippen LogP contribution is 2.20. The van der Waals surface area contributed by atoms with Crippen LogP contribution >= 0.6 is 11.3 Å². The fourth-order valence-electron chi connectivity index (χ4n) is 2.83. The van der Waals surface area contributed by atoms with Crippen LogP contribution in [0, 0.1) is 6.92 Å². The summed E-state index contributed by atoms with van der Waals surface area (Å²) >= 11 is 1.55. The molecule has 0 aliphatic rings. The number of nitrogens with zero attached hydrogens (tertiary/aromatic N) is 2. The van der Waals surface area contributed by atoms with Crippen molar-refractivity contribution in [2.45, 2.75) is 40.0 Å². The number of carbonyl (C=O) groups is 1. The molecule has 3 aromatic rings. The van der Waals surface area contributed by atoms with E-state index in [0.717, 1.165) is 22.2 Å². The number of methoxy groups -OCH3 is 1. The van der Waals surface area contributed by atoms with Crippen molar-refractivity contribution in [1.82, 2.24) is 9.88 Å². The molecule has 5 nitrogen and oxygen atoms in total. The Bertz CT molecular complexity index is 934. The van der Waals surface area contributed by atoms with E-state index >= 15 is 0 Å². The predicted octanol–water partition coefficient (Wildman–Crippen LogP) is 5.09. The van der Waals surface area contributed by atoms with E-state index in [9.17, 15) is 4.79 Å². The Morgan fingerprint density at radius 1 is 1.07 bits per heavy atom. The summed E-state index contributed by atoms with van der Waals surface area (Å²) in [7, 11) is 1.61. The van der Waals surface area contributed by atoms with Crippen molar-refractivity contribution in [1.29, 1.82) is 0 Å². The van der Waals surface area contributed by atoms with Crippen LogP contribution in [-0.2, 0) is 13.2 Å². The van der Waals surface area contributed by atoms with Crippen LogP contribution in [0.4, 0.5) is 0 Å². The fourth-order valence-corrected chi connectivity index (χ4v) is 3.53. The number of amides is 1. The molecule has 0 unspecified atom stereocenters. The van der Waals surface area contributed by atoms with Crippen LogP contribution in [0.2, 0.25) is 0 Å². The summed E-state index contributed by atoms with van der Waals surface area (Å²) in [5.74, 6) is 1.54. The van der Waals surface area contributed by atoms with Gasteiger partial charge in [0.05, 0.1) is 19.3 Å². The SMILES string of the molecule is COc1ccc(C(=O)N(Cc2csc(COc3ccc(C)cc3)n2)C(C)C)cc1. The number of rotatable bonds is 8. The minimum Gasteiger partial charge on any atom is -0.497 e. The highest BCUT2D eigenvalue weighted by atomic mass is 32.1. The van der Waals surface area contributed by atoms with Crippen LogP contribution in [0.25, 0.3) is 0 Å². The highest BCUT2D eigenvalue weighted by Gasteiger charge is 2.20. The van der Waals surface area contributed by atoms with Gasteiger partial charge in [-0.15, -0.1) is 11.3 Å². The first-order valence-electron chi connectivity index (χ1n) is 9.54. The maximum Gasteiger partial charge on any atom is 0.254 e. The highest BCUT2D eigenvalue weighted by molar-refractivity contribution is 7.09. The number of benzene rings is 2. The molecule has 0 aliphatic carbocycles. The Balaban J connectivity index is 1.64. The van der Waals surface area contributed by atoms with Gasteiger partial charge in [-0.25, -0.2) is 4.98 Å². The summed E-state index contributed by atoms with van der Waals surface area (Å²) in [4.78, 5) is 19.4. The molecule has 1 aromatic heterocycles. The average Bonchev–Trinajstić information content (AvgIpc) is 3.18. The van der Waals surface area contributed by atoms with Gasteiger partial charge in [0.2, 0.25) is 0 Å². The maximum atomic E-state index is 13.0. The van der Waals surface area contributed by atoms with E-state index in [1.54, 1.807) is 42.7 Å². The Morgan fingerprint density at radius 3 is 2.34 bits per heavy atom. The van der Waals surface area contributed by atoms with Crippen molar-refractivity contribution in [2.75, 3.05) is 7.11 Å². The van der Waals surface area contributed by atoms with Crippen LogP contribution in [0.1, 0.15) is 40.5 Å². The summed E-state index contributed by atoms with van der Waals surface area (Å²) < 4.78 is 11.0. The summed E-state index contributed by atoms with van der Waals surface area (Å²) in [6.07, 6.45) is 0. The van der Waals surface area contributed by atoms with Crippen LogP contribution in [0.3, 0.4) is 0 Å². The molecule has 0 radical (unpaired) electrons. The lowest BCUT2D eigenvalue weighted by Gasteiger charge is -2.26. The van der Waals surface area contributed by atoms with Gasteiger partial charge in [0.25, 0.3) is 5.91 Å². The molecule has 29 heavy (non-hydrogen) atoms. The van der Waals surface area contributed by atoms with Gasteiger partial charge < -0.3 is 14.4 Å². The fraction of sp³-hybridized carbons (Fsp3) is 0.304. The zero-order valence-corrected chi connectivity index (χ0v) is 18.0. The van der Waals surface area contributed by atoms with Crippen molar-refractivity contribution in [3.63, 3.8) is 0 Å². The summed E-state index contributed by atoms with van der Waals surface area (Å²) in [6, 6.07) is 15.2. The van der Waals surface area contributed by atoms with Crippen molar-refractivity contribution in [3.05, 3.63) is 75.7 Å². The van der Waals surface area contributed by atoms with E-state index in [-0.39, 0.29) is 11.9 Å². The second-order valence-electron chi connectivity index (χ2n) is 7.09. The van der Waals surface area contributed by atoms with Gasteiger partial charge >= 0.3 is 0 Å². The van der Waals surface area contributed by atoms with E-state index in [4.69, 9.17) is 9.47 Å². The lowest BCUT2D eigenvalue weighted by atomic mass is 10.1. The van der Waals surface area contributed by atoms with Gasteiger partial charge in [0.1, 0.15) is 23.1 Å². The van der Waals surface area contributed by atoms with Gasteiger partial charge in [0.15, 0.2) is 0 Å². The lowest BCUT2D eigenvalue weighted by Crippen LogP contribution is -2.36. The largest absolute Gasteiger partial charge is 0.497 e. The molecule has 152 valence electrons. The van der Waals surface area contributed by atoms with Crippen LogP contribution in [0.15, 0.2) is 53.9 Å². The molecule has 0 saturated heterocycles. The molecule has 0 fully saturated rings. The molecular weight excluding hydrogens is 384 g/mol. The maximum absolute atomic E-state index is 13.0. The molecule has 0 N–H and O–H groups in total. The van der Waals surface area contributed by atoms with Gasteiger partial charge in [0, 0.05) is 17.0 Å². The van der Waals surface area contributed by atoms with Gasteiger partial charge in [-0.3, -0.25) is 4.79 Å². The summed E-state index contributed by atoms with van der Waals surface area (Å²) in [5.41, 5.74) is 2.70. The van der Waals surface area contributed by atoms with E-state index in [2.05, 4.69) is 4.98 Å². The third-order valence-corrected chi connectivity index (χ3v) is 5.41. The molecular formula is C23H26N2O3S. The lowest BCUT2D eigenvalue weighted by molar-refractivity contribution is 0.0688. The third-order valence-electron chi connectivity index (χ3n) is 4.54. The summed E-state index contributed by atoms with van der Waals surface area (Å²) in [6.45, 7) is 6.94. The smallest absolute Gasteiger partial charge is 0.254 e. The normalized spacial score (nSPS) is 10.8. The van der Waals surface area contributed by atoms with Gasteiger partial charge in [-0.1, -0.05) is 17.7 Å². The molecule has 1 amide bonds. The van der Waals surface area contributed by atoms with Gasteiger partial charge in [-0.2, -0.15) is 0 Å². The van der Waals surface area contributed by atoms with Gasteiger partial charge in [-0.05, 0) is 57.2 Å². The zero-order valence-electron chi connectivity index (χ0n) is 17.2. The number of aryl methyl sites for hydroxylation is 1. The number of carbonyl (C=O) groups excluding carboxylic acids is 1. The predicted molar refractivity (Wildman–Crippen MR) is 116 cm³/mol. The first-order chi connectivity index (χ1) is 14.0. The summed E-state index contributed by atoms with van der Waals surface area (Å²) in [5, 5.41) is 2.88. The Labute approximate surface area is 175 Å². The van der Waals surface area contributed by atoms with Crippen molar-refractivity contribution in [2.24, 2.45) is 0 Å². The number of hydrogen-bond acceptors (Lipinski definition) is 5. The topological polar surface area (TPSA) is 51.7 Å². The Hall–Kier alpha value is -2.86. The standard InChI is InChI=1S/C23H26N2O3S/c1-16(2)25(23(26)18-7-11-20(27-4)12-8-18)13-19-15-29-22(24-19)14-28-21-9-5-17(3)6-10-21/h5-12,15-16H,13-14H2,1-4H3. The second-order valence-corrected chi connectivity index (χ2v) is 8.03. The van der Waals surface area contributed by atoms with Crippen molar-refractivity contribution < 1.29 is 14.3 Å². The monoisotopic (exact) mass is 410 g/mol. The van der Waals surface area contributed by atoms with Crippen molar-refractivity contribution >= 4 is 17.2 Å². The molecule has 0 aliphatic heterocycles. The Morgan fingerprint density at radius 2 is 1.72 bits per heavy atom. The first kappa shape index (κ1) is 20.9. The zero-order chi connectivity index (χ0) is 20.8. The molecule has 2 aromatic carbocycles. The first-order valence-corrected chi connectivity index (χ1v) is 10.4. The average molecular weight is 411 g/mol. The van der Waals surface area contributed by atoms with E-state index in [0.29, 0.717) is 18.7 Å². The van der Waals surface area contributed by atoms with Crippen LogP contribution in [0.5, 0.6) is 11.5 Å². The second kappa shape index (κ2) is 9.56. The molecule has 0 saturated carbocycles. The Kier molecular flexibility index (Phi) is 6.88. The molecule has 0 spiro atoms.